The Kier molecular flexibility index (Phi) is 3.18. The number of carboxylic acids is 1. The molecule has 1 N–H and O–H groups in total. The molecule has 2 rings (SSSR count). The van der Waals surface area contributed by atoms with E-state index in [1.807, 2.05) is 0 Å². The van der Waals surface area contributed by atoms with Gasteiger partial charge in [-0.15, -0.1) is 0 Å². The van der Waals surface area contributed by atoms with Crippen LogP contribution in [-0.2, 0) is 0 Å². The first-order chi connectivity index (χ1) is 8.61. The van der Waals surface area contributed by atoms with Gasteiger partial charge in [0.25, 0.3) is 0 Å². The number of rotatable bonds is 3. The Labute approximate surface area is 102 Å². The maximum atomic E-state index is 13.2. The number of hydrogen-bond donors (Lipinski definition) is 1. The monoisotopic (exact) mass is 248 g/mol. The number of halogens is 1. The maximum Gasteiger partial charge on any atom is 0.336 e. The van der Waals surface area contributed by atoms with Crippen LogP contribution >= 0.6 is 0 Å². The van der Waals surface area contributed by atoms with E-state index >= 15 is 0 Å². The van der Waals surface area contributed by atoms with Crippen molar-refractivity contribution in [2.24, 2.45) is 0 Å². The van der Waals surface area contributed by atoms with Gasteiger partial charge in [0.05, 0.1) is 12.7 Å². The molecule has 5 nitrogen and oxygen atoms in total. The Bertz CT molecular complexity index is 584. The maximum absolute atomic E-state index is 13.2. The van der Waals surface area contributed by atoms with Crippen LogP contribution in [0.1, 0.15) is 10.4 Å². The van der Waals surface area contributed by atoms with Crippen molar-refractivity contribution < 1.29 is 19.0 Å². The Hall–Kier alpha value is -2.50. The third-order valence-electron chi connectivity index (χ3n) is 2.33. The van der Waals surface area contributed by atoms with E-state index < -0.39 is 11.8 Å². The highest BCUT2D eigenvalue weighted by atomic mass is 19.1. The predicted molar refractivity (Wildman–Crippen MR) is 60.9 cm³/mol. The molecule has 1 aromatic heterocycles. The lowest BCUT2D eigenvalue weighted by Gasteiger charge is -2.06. The quantitative estimate of drug-likeness (QED) is 0.899. The molecule has 2 aromatic rings. The third-order valence-corrected chi connectivity index (χ3v) is 2.33. The molecule has 0 aliphatic heterocycles. The van der Waals surface area contributed by atoms with Crippen molar-refractivity contribution in [3.8, 4) is 17.1 Å². The zero-order valence-electron chi connectivity index (χ0n) is 9.42. The highest BCUT2D eigenvalue weighted by molar-refractivity contribution is 5.95. The molecule has 0 spiro atoms. The predicted octanol–water partition coefficient (Wildman–Crippen LogP) is 1.99. The second-order valence-electron chi connectivity index (χ2n) is 3.45. The fourth-order valence-corrected chi connectivity index (χ4v) is 1.50. The van der Waals surface area contributed by atoms with Crippen LogP contribution in [0.5, 0.6) is 6.01 Å². The number of benzene rings is 1. The molecule has 92 valence electrons. The first-order valence-electron chi connectivity index (χ1n) is 5.01. The van der Waals surface area contributed by atoms with Gasteiger partial charge in [-0.05, 0) is 18.2 Å². The van der Waals surface area contributed by atoms with Crippen molar-refractivity contribution in [1.82, 2.24) is 9.97 Å². The first-order valence-corrected chi connectivity index (χ1v) is 5.01. The Morgan fingerprint density at radius 2 is 2.00 bits per heavy atom. The molecule has 0 radical (unpaired) electrons. The molecule has 0 aliphatic rings. The van der Waals surface area contributed by atoms with Crippen molar-refractivity contribution in [2.75, 3.05) is 7.11 Å². The van der Waals surface area contributed by atoms with Crippen molar-refractivity contribution in [2.45, 2.75) is 0 Å². The molecule has 18 heavy (non-hydrogen) atoms. The summed E-state index contributed by atoms with van der Waals surface area (Å²) in [7, 11) is 1.42. The van der Waals surface area contributed by atoms with Crippen LogP contribution in [0.4, 0.5) is 4.39 Å². The molecule has 0 bridgehead atoms. The summed E-state index contributed by atoms with van der Waals surface area (Å²) in [5.41, 5.74) is 0.628. The van der Waals surface area contributed by atoms with E-state index in [1.54, 1.807) is 0 Å². The zero-order valence-corrected chi connectivity index (χ0v) is 9.42. The standard InChI is InChI=1S/C12H9FN2O3/c1-18-12-14-5-7(6-15-12)10-4-8(13)2-3-9(10)11(16)17/h2-6H,1H3,(H,16,17). The molecule has 0 saturated carbocycles. The van der Waals surface area contributed by atoms with E-state index in [1.165, 1.54) is 25.6 Å². The summed E-state index contributed by atoms with van der Waals surface area (Å²) >= 11 is 0. The summed E-state index contributed by atoms with van der Waals surface area (Å²) in [6, 6.07) is 3.59. The number of carbonyl (C=O) groups is 1. The second-order valence-corrected chi connectivity index (χ2v) is 3.45. The lowest BCUT2D eigenvalue weighted by atomic mass is 10.0. The van der Waals surface area contributed by atoms with E-state index in [4.69, 9.17) is 9.84 Å². The fourth-order valence-electron chi connectivity index (χ4n) is 1.50. The zero-order chi connectivity index (χ0) is 13.1. The molecule has 0 saturated heterocycles. The average molecular weight is 248 g/mol. The molecule has 1 heterocycles. The van der Waals surface area contributed by atoms with Crippen LogP contribution in [0.25, 0.3) is 11.1 Å². The van der Waals surface area contributed by atoms with Gasteiger partial charge < -0.3 is 9.84 Å². The van der Waals surface area contributed by atoms with Crippen LogP contribution in [-0.4, -0.2) is 28.2 Å². The Morgan fingerprint density at radius 1 is 1.33 bits per heavy atom. The second kappa shape index (κ2) is 4.79. The summed E-state index contributed by atoms with van der Waals surface area (Å²) < 4.78 is 18.0. The van der Waals surface area contributed by atoms with Crippen LogP contribution in [0.15, 0.2) is 30.6 Å². The van der Waals surface area contributed by atoms with Crippen molar-refractivity contribution in [3.05, 3.63) is 42.0 Å². The van der Waals surface area contributed by atoms with E-state index in [9.17, 15) is 9.18 Å². The molecular formula is C12H9FN2O3. The minimum Gasteiger partial charge on any atom is -0.478 e. The minimum absolute atomic E-state index is 0.00910. The normalized spacial score (nSPS) is 10.1. The third kappa shape index (κ3) is 2.27. The van der Waals surface area contributed by atoms with Gasteiger partial charge in [0, 0.05) is 23.5 Å². The lowest BCUT2D eigenvalue weighted by Crippen LogP contribution is -2.01. The summed E-state index contributed by atoms with van der Waals surface area (Å²) in [6.07, 6.45) is 2.76. The van der Waals surface area contributed by atoms with Gasteiger partial charge in [0.2, 0.25) is 0 Å². The van der Waals surface area contributed by atoms with Gasteiger partial charge in [-0.25, -0.2) is 19.2 Å². The van der Waals surface area contributed by atoms with E-state index in [-0.39, 0.29) is 17.1 Å². The lowest BCUT2D eigenvalue weighted by molar-refractivity contribution is 0.0697. The molecule has 0 aliphatic carbocycles. The summed E-state index contributed by atoms with van der Waals surface area (Å²) in [4.78, 5) is 18.8. The van der Waals surface area contributed by atoms with Crippen molar-refractivity contribution >= 4 is 5.97 Å². The number of carboxylic acid groups (broad SMARTS) is 1. The molecule has 6 heteroatoms. The minimum atomic E-state index is -1.14. The van der Waals surface area contributed by atoms with Gasteiger partial charge in [-0.2, -0.15) is 0 Å². The molecule has 0 unspecified atom stereocenters. The highest BCUT2D eigenvalue weighted by Crippen LogP contribution is 2.24. The van der Waals surface area contributed by atoms with Crippen LogP contribution in [0, 0.1) is 5.82 Å². The van der Waals surface area contributed by atoms with Crippen molar-refractivity contribution in [1.29, 1.82) is 0 Å². The molecule has 0 fully saturated rings. The molecular weight excluding hydrogens is 239 g/mol. The van der Waals surface area contributed by atoms with Gasteiger partial charge in [0.1, 0.15) is 5.82 Å². The van der Waals surface area contributed by atoms with Crippen LogP contribution < -0.4 is 4.74 Å². The number of aromatic nitrogens is 2. The van der Waals surface area contributed by atoms with Crippen LogP contribution in [0.3, 0.4) is 0 Å². The number of methoxy groups -OCH3 is 1. The molecule has 0 amide bonds. The summed E-state index contributed by atoms with van der Waals surface area (Å²) in [5, 5.41) is 9.03. The van der Waals surface area contributed by atoms with Gasteiger partial charge in [-0.1, -0.05) is 0 Å². The van der Waals surface area contributed by atoms with E-state index in [2.05, 4.69) is 9.97 Å². The first kappa shape index (κ1) is 12.0. The molecule has 0 atom stereocenters. The largest absolute Gasteiger partial charge is 0.478 e. The highest BCUT2D eigenvalue weighted by Gasteiger charge is 2.13. The van der Waals surface area contributed by atoms with Gasteiger partial charge >= 0.3 is 12.0 Å². The van der Waals surface area contributed by atoms with E-state index in [0.29, 0.717) is 5.56 Å². The van der Waals surface area contributed by atoms with Gasteiger partial charge in [0.15, 0.2) is 0 Å². The number of hydrogen-bond acceptors (Lipinski definition) is 4. The Morgan fingerprint density at radius 3 is 2.56 bits per heavy atom. The smallest absolute Gasteiger partial charge is 0.336 e. The van der Waals surface area contributed by atoms with Crippen molar-refractivity contribution in [3.63, 3.8) is 0 Å². The SMILES string of the molecule is COc1ncc(-c2cc(F)ccc2C(=O)O)cn1. The average Bonchev–Trinajstić information content (AvgIpc) is 2.38. The number of ether oxygens (including phenoxy) is 1. The Balaban J connectivity index is 2.54. The summed E-state index contributed by atoms with van der Waals surface area (Å²) in [5.74, 6) is -1.66. The fraction of sp³-hybridized carbons (Fsp3) is 0.0833. The molecule has 1 aromatic carbocycles. The van der Waals surface area contributed by atoms with Gasteiger partial charge in [-0.3, -0.25) is 0 Å². The van der Waals surface area contributed by atoms with Crippen LogP contribution in [0.2, 0.25) is 0 Å². The van der Waals surface area contributed by atoms with E-state index in [0.717, 1.165) is 12.1 Å². The number of aromatic carboxylic acids is 1. The number of nitrogens with zero attached hydrogens (tertiary/aromatic N) is 2. The topological polar surface area (TPSA) is 72.3 Å². The summed E-state index contributed by atoms with van der Waals surface area (Å²) in [6.45, 7) is 0.